The minimum Gasteiger partial charge on any atom is -0.382 e. The average Bonchev–Trinajstić information content (AvgIpc) is 2.41. The Morgan fingerprint density at radius 1 is 1.14 bits per heavy atom. The molecule has 4 N–H and O–H groups in total. The van der Waals surface area contributed by atoms with Crippen molar-refractivity contribution in [3.05, 3.63) is 17.1 Å². The number of aryl methyl sites for hydroxylation is 3. The van der Waals surface area contributed by atoms with Gasteiger partial charge in [0, 0.05) is 5.69 Å². The Morgan fingerprint density at radius 3 is 2.43 bits per heavy atom. The molecule has 0 bridgehead atoms. The van der Waals surface area contributed by atoms with Gasteiger partial charge in [0.05, 0.1) is 5.52 Å². The summed E-state index contributed by atoms with van der Waals surface area (Å²) >= 11 is 0. The van der Waals surface area contributed by atoms with E-state index in [0.717, 1.165) is 22.6 Å². The smallest absolute Gasteiger partial charge is 0.151 e. The maximum Gasteiger partial charge on any atom is 0.151 e. The number of nitrogens with two attached hydrogens (primary N) is 2. The van der Waals surface area contributed by atoms with E-state index in [0.29, 0.717) is 11.3 Å². The molecule has 0 aliphatic rings. The van der Waals surface area contributed by atoms with Gasteiger partial charge in [-0.3, -0.25) is 0 Å². The van der Waals surface area contributed by atoms with Crippen molar-refractivity contribution in [2.24, 2.45) is 0 Å². The summed E-state index contributed by atoms with van der Waals surface area (Å²) in [5.41, 5.74) is 9.24. The van der Waals surface area contributed by atoms with E-state index in [1.54, 1.807) is 4.68 Å². The second-order valence-electron chi connectivity index (χ2n) is 3.43. The molecule has 2 heterocycles. The summed E-state index contributed by atoms with van der Waals surface area (Å²) in [6.45, 7) is 5.72. The summed E-state index contributed by atoms with van der Waals surface area (Å²) in [6, 6.07) is 0. The average molecular weight is 191 g/mol. The Morgan fingerprint density at radius 2 is 1.79 bits per heavy atom. The Labute approximate surface area is 81.7 Å². The van der Waals surface area contributed by atoms with Crippen molar-refractivity contribution in [3.8, 4) is 0 Å². The quantitative estimate of drug-likeness (QED) is 0.599. The van der Waals surface area contributed by atoms with Gasteiger partial charge in [0.25, 0.3) is 0 Å². The molecule has 14 heavy (non-hydrogen) atoms. The Kier molecular flexibility index (Phi) is 1.64. The zero-order chi connectivity index (χ0) is 10.5. The normalized spacial score (nSPS) is 11.1. The van der Waals surface area contributed by atoms with Gasteiger partial charge in [0.1, 0.15) is 11.3 Å². The first-order valence-electron chi connectivity index (χ1n) is 4.39. The zero-order valence-corrected chi connectivity index (χ0v) is 8.50. The van der Waals surface area contributed by atoms with Crippen molar-refractivity contribution in [3.63, 3.8) is 0 Å². The first kappa shape index (κ1) is 8.80. The fraction of sp³-hybridized carbons (Fsp3) is 0.333. The summed E-state index contributed by atoms with van der Waals surface area (Å²) in [6.07, 6.45) is 0. The SMILES string of the molecule is Cc1nc(N)c2nc(C)n(N)c2c1C. The van der Waals surface area contributed by atoms with Crippen LogP contribution in [0.2, 0.25) is 0 Å². The number of aromatic nitrogens is 3. The largest absolute Gasteiger partial charge is 0.382 e. The predicted octanol–water partition coefficient (Wildman–Crippen LogP) is 0.653. The van der Waals surface area contributed by atoms with Gasteiger partial charge in [0.15, 0.2) is 5.82 Å². The molecule has 0 atom stereocenters. The highest BCUT2D eigenvalue weighted by molar-refractivity contribution is 5.88. The molecule has 0 unspecified atom stereocenters. The van der Waals surface area contributed by atoms with Crippen molar-refractivity contribution in [2.45, 2.75) is 20.8 Å². The molecule has 2 aromatic heterocycles. The van der Waals surface area contributed by atoms with E-state index in [9.17, 15) is 0 Å². The Bertz CT molecular complexity index is 512. The predicted molar refractivity (Wildman–Crippen MR) is 56.3 cm³/mol. The highest BCUT2D eigenvalue weighted by Gasteiger charge is 2.13. The van der Waals surface area contributed by atoms with Crippen LogP contribution in [0.4, 0.5) is 5.82 Å². The maximum atomic E-state index is 5.85. The highest BCUT2D eigenvalue weighted by atomic mass is 15.3. The fourth-order valence-corrected chi connectivity index (χ4v) is 1.57. The number of nitrogen functional groups attached to an aromatic ring is 2. The van der Waals surface area contributed by atoms with Gasteiger partial charge in [-0.1, -0.05) is 0 Å². The standard InChI is InChI=1S/C9H13N5/c1-4-5(2)12-9(10)7-8(4)14(11)6(3)13-7/h11H2,1-3H3,(H2,10,12). The number of nitrogens with zero attached hydrogens (tertiary/aromatic N) is 3. The number of fused-ring (bicyclic) bond motifs is 1. The van der Waals surface area contributed by atoms with E-state index in [1.165, 1.54) is 0 Å². The van der Waals surface area contributed by atoms with Crippen molar-refractivity contribution < 1.29 is 0 Å². The molecular weight excluding hydrogens is 178 g/mol. The van der Waals surface area contributed by atoms with E-state index in [2.05, 4.69) is 9.97 Å². The number of hydrogen-bond donors (Lipinski definition) is 2. The van der Waals surface area contributed by atoms with Crippen molar-refractivity contribution >= 4 is 16.9 Å². The summed E-state index contributed by atoms with van der Waals surface area (Å²) in [7, 11) is 0. The number of anilines is 1. The van der Waals surface area contributed by atoms with Crippen LogP contribution in [0.5, 0.6) is 0 Å². The second-order valence-corrected chi connectivity index (χ2v) is 3.43. The molecule has 5 nitrogen and oxygen atoms in total. The van der Waals surface area contributed by atoms with Gasteiger partial charge < -0.3 is 11.6 Å². The number of hydrogen-bond acceptors (Lipinski definition) is 4. The van der Waals surface area contributed by atoms with Crippen molar-refractivity contribution in [1.82, 2.24) is 14.6 Å². The van der Waals surface area contributed by atoms with Crippen LogP contribution in [0.3, 0.4) is 0 Å². The second kappa shape index (κ2) is 2.60. The van der Waals surface area contributed by atoms with Gasteiger partial charge in [-0.15, -0.1) is 0 Å². The summed E-state index contributed by atoms with van der Waals surface area (Å²) in [4.78, 5) is 8.47. The van der Waals surface area contributed by atoms with Crippen molar-refractivity contribution in [2.75, 3.05) is 11.6 Å². The lowest BCUT2D eigenvalue weighted by Gasteiger charge is -2.04. The third kappa shape index (κ3) is 0.951. The molecule has 0 spiro atoms. The van der Waals surface area contributed by atoms with Crippen LogP contribution in [0, 0.1) is 20.8 Å². The number of pyridine rings is 1. The van der Waals surface area contributed by atoms with E-state index in [1.807, 2.05) is 20.8 Å². The Hall–Kier alpha value is -1.78. The number of rotatable bonds is 0. The van der Waals surface area contributed by atoms with Crippen LogP contribution in [0.15, 0.2) is 0 Å². The molecule has 0 saturated carbocycles. The molecule has 74 valence electrons. The van der Waals surface area contributed by atoms with Crippen molar-refractivity contribution in [1.29, 1.82) is 0 Å². The fourth-order valence-electron chi connectivity index (χ4n) is 1.57. The minimum absolute atomic E-state index is 0.440. The van der Waals surface area contributed by atoms with Crippen LogP contribution in [-0.4, -0.2) is 14.6 Å². The van der Waals surface area contributed by atoms with E-state index >= 15 is 0 Å². The van der Waals surface area contributed by atoms with Gasteiger partial charge in [-0.2, -0.15) is 0 Å². The zero-order valence-electron chi connectivity index (χ0n) is 8.50. The van der Waals surface area contributed by atoms with Crippen LogP contribution in [0.25, 0.3) is 11.0 Å². The lowest BCUT2D eigenvalue weighted by Crippen LogP contribution is -2.11. The maximum absolute atomic E-state index is 5.85. The summed E-state index contributed by atoms with van der Waals surface area (Å²) in [5, 5.41) is 0. The third-order valence-electron chi connectivity index (χ3n) is 2.52. The van der Waals surface area contributed by atoms with Gasteiger partial charge >= 0.3 is 0 Å². The topological polar surface area (TPSA) is 82.8 Å². The first-order chi connectivity index (χ1) is 6.52. The number of imidazole rings is 1. The molecule has 2 rings (SSSR count). The van der Waals surface area contributed by atoms with E-state index in [-0.39, 0.29) is 0 Å². The first-order valence-corrected chi connectivity index (χ1v) is 4.39. The molecule has 0 saturated heterocycles. The molecule has 0 aliphatic heterocycles. The molecule has 0 amide bonds. The minimum atomic E-state index is 0.440. The molecule has 5 heteroatoms. The van der Waals surface area contributed by atoms with Crippen LogP contribution in [0.1, 0.15) is 17.1 Å². The monoisotopic (exact) mass is 191 g/mol. The van der Waals surface area contributed by atoms with Crippen LogP contribution >= 0.6 is 0 Å². The molecule has 2 aromatic rings. The third-order valence-corrected chi connectivity index (χ3v) is 2.52. The van der Waals surface area contributed by atoms with Gasteiger partial charge in [-0.05, 0) is 26.3 Å². The highest BCUT2D eigenvalue weighted by Crippen LogP contribution is 2.23. The molecular formula is C9H13N5. The Balaban J connectivity index is 3.03. The van der Waals surface area contributed by atoms with E-state index < -0.39 is 0 Å². The molecule has 0 aromatic carbocycles. The molecule has 0 aliphatic carbocycles. The lowest BCUT2D eigenvalue weighted by molar-refractivity contribution is 0.951. The van der Waals surface area contributed by atoms with Gasteiger partial charge in [-0.25, -0.2) is 14.6 Å². The van der Waals surface area contributed by atoms with Gasteiger partial charge in [0.2, 0.25) is 0 Å². The summed E-state index contributed by atoms with van der Waals surface area (Å²) < 4.78 is 1.55. The lowest BCUT2D eigenvalue weighted by atomic mass is 10.2. The van der Waals surface area contributed by atoms with Crippen LogP contribution < -0.4 is 11.6 Å². The van der Waals surface area contributed by atoms with Crippen LogP contribution in [-0.2, 0) is 0 Å². The molecule has 0 fully saturated rings. The van der Waals surface area contributed by atoms with E-state index in [4.69, 9.17) is 11.6 Å². The molecule has 0 radical (unpaired) electrons. The summed E-state index contributed by atoms with van der Waals surface area (Å²) in [5.74, 6) is 7.03.